The number of nitrogens with zero attached hydrogens (tertiary/aromatic N) is 2. The van der Waals surface area contributed by atoms with Crippen molar-refractivity contribution in [1.29, 1.82) is 0 Å². The Labute approximate surface area is 104 Å². The first-order chi connectivity index (χ1) is 7.83. The Bertz CT molecular complexity index is 349. The minimum Gasteiger partial charge on any atom is -0.481 e. The van der Waals surface area contributed by atoms with Crippen LogP contribution in [0.2, 0.25) is 0 Å². The summed E-state index contributed by atoms with van der Waals surface area (Å²) < 4.78 is 10.7. The molecule has 2 heterocycles. The van der Waals surface area contributed by atoms with Crippen LogP contribution < -0.4 is 9.64 Å². The maximum atomic E-state index is 5.59. The Morgan fingerprint density at radius 3 is 3.25 bits per heavy atom. The minimum absolute atomic E-state index is 0.238. The SMILES string of the molecule is COc1cccc(N2CCOC(CBr)C2)n1. The monoisotopic (exact) mass is 286 g/mol. The molecular weight excluding hydrogens is 272 g/mol. The second-order valence-corrected chi connectivity index (χ2v) is 4.28. The van der Waals surface area contributed by atoms with E-state index in [0.717, 1.165) is 30.8 Å². The van der Waals surface area contributed by atoms with Crippen molar-refractivity contribution >= 4 is 21.7 Å². The van der Waals surface area contributed by atoms with Gasteiger partial charge in [-0.15, -0.1) is 0 Å². The molecule has 1 aromatic heterocycles. The minimum atomic E-state index is 0.238. The molecule has 2 rings (SSSR count). The molecule has 0 spiro atoms. The number of alkyl halides is 1. The van der Waals surface area contributed by atoms with Crippen molar-refractivity contribution in [2.24, 2.45) is 0 Å². The van der Waals surface area contributed by atoms with Crippen LogP contribution in [0.5, 0.6) is 5.88 Å². The van der Waals surface area contributed by atoms with Gasteiger partial charge in [-0.3, -0.25) is 0 Å². The normalized spacial score (nSPS) is 20.9. The van der Waals surface area contributed by atoms with Crippen LogP contribution in [-0.4, -0.2) is 43.2 Å². The number of hydrogen-bond donors (Lipinski definition) is 0. The molecule has 0 aromatic carbocycles. The van der Waals surface area contributed by atoms with Crippen LogP contribution in [0, 0.1) is 0 Å². The van der Waals surface area contributed by atoms with Crippen LogP contribution in [0.4, 0.5) is 5.82 Å². The van der Waals surface area contributed by atoms with E-state index in [-0.39, 0.29) is 6.10 Å². The van der Waals surface area contributed by atoms with E-state index in [1.807, 2.05) is 18.2 Å². The molecule has 1 saturated heterocycles. The molecule has 1 aliphatic rings. The van der Waals surface area contributed by atoms with E-state index in [4.69, 9.17) is 9.47 Å². The number of ether oxygens (including phenoxy) is 2. The number of anilines is 1. The van der Waals surface area contributed by atoms with Gasteiger partial charge < -0.3 is 14.4 Å². The topological polar surface area (TPSA) is 34.6 Å². The van der Waals surface area contributed by atoms with Gasteiger partial charge in [-0.25, -0.2) is 0 Å². The summed E-state index contributed by atoms with van der Waals surface area (Å²) in [6, 6.07) is 5.81. The number of hydrogen-bond acceptors (Lipinski definition) is 4. The molecule has 1 aliphatic heterocycles. The Morgan fingerprint density at radius 2 is 2.50 bits per heavy atom. The van der Waals surface area contributed by atoms with Gasteiger partial charge in [0, 0.05) is 24.5 Å². The fourth-order valence-corrected chi connectivity index (χ4v) is 2.11. The third-order valence-corrected chi connectivity index (χ3v) is 3.28. The van der Waals surface area contributed by atoms with E-state index in [1.54, 1.807) is 7.11 Å². The lowest BCUT2D eigenvalue weighted by Gasteiger charge is -2.32. The number of pyridine rings is 1. The lowest BCUT2D eigenvalue weighted by molar-refractivity contribution is 0.0567. The summed E-state index contributed by atoms with van der Waals surface area (Å²) in [5.74, 6) is 1.60. The molecule has 1 atom stereocenters. The molecule has 0 saturated carbocycles. The number of aromatic nitrogens is 1. The number of morpholine rings is 1. The lowest BCUT2D eigenvalue weighted by atomic mass is 10.3. The molecule has 1 aromatic rings. The standard InChI is InChI=1S/C11H15BrN2O2/c1-15-11-4-2-3-10(13-11)14-5-6-16-9(7-12)8-14/h2-4,9H,5-8H2,1H3. The van der Waals surface area contributed by atoms with Crippen LogP contribution in [0.1, 0.15) is 0 Å². The highest BCUT2D eigenvalue weighted by Gasteiger charge is 2.20. The first-order valence-corrected chi connectivity index (χ1v) is 6.39. The summed E-state index contributed by atoms with van der Waals surface area (Å²) in [5, 5.41) is 0.855. The van der Waals surface area contributed by atoms with Gasteiger partial charge >= 0.3 is 0 Å². The van der Waals surface area contributed by atoms with Gasteiger partial charge in [0.15, 0.2) is 0 Å². The van der Waals surface area contributed by atoms with Gasteiger partial charge in [0.25, 0.3) is 0 Å². The predicted octanol–water partition coefficient (Wildman–Crippen LogP) is 1.69. The number of methoxy groups -OCH3 is 1. The van der Waals surface area contributed by atoms with E-state index >= 15 is 0 Å². The molecule has 0 N–H and O–H groups in total. The van der Waals surface area contributed by atoms with Crippen molar-refractivity contribution in [3.05, 3.63) is 18.2 Å². The van der Waals surface area contributed by atoms with Crippen LogP contribution in [0.15, 0.2) is 18.2 Å². The lowest BCUT2D eigenvalue weighted by Crippen LogP contribution is -2.43. The first kappa shape index (κ1) is 11.7. The summed E-state index contributed by atoms with van der Waals surface area (Å²) in [5.41, 5.74) is 0. The number of halogens is 1. The molecule has 5 heteroatoms. The van der Waals surface area contributed by atoms with Crippen molar-refractivity contribution in [2.45, 2.75) is 6.10 Å². The maximum absolute atomic E-state index is 5.59. The fraction of sp³-hybridized carbons (Fsp3) is 0.545. The average Bonchev–Trinajstić information content (AvgIpc) is 2.39. The predicted molar refractivity (Wildman–Crippen MR) is 66.5 cm³/mol. The summed E-state index contributed by atoms with van der Waals surface area (Å²) in [6.45, 7) is 2.49. The summed E-state index contributed by atoms with van der Waals surface area (Å²) in [4.78, 5) is 6.64. The Morgan fingerprint density at radius 1 is 1.62 bits per heavy atom. The summed E-state index contributed by atoms with van der Waals surface area (Å²) in [7, 11) is 1.63. The number of rotatable bonds is 3. The van der Waals surface area contributed by atoms with E-state index in [0.29, 0.717) is 5.88 Å². The highest BCUT2D eigenvalue weighted by atomic mass is 79.9. The van der Waals surface area contributed by atoms with Crippen molar-refractivity contribution in [1.82, 2.24) is 4.98 Å². The summed E-state index contributed by atoms with van der Waals surface area (Å²) in [6.07, 6.45) is 0.238. The molecule has 0 amide bonds. The van der Waals surface area contributed by atoms with Crippen LogP contribution in [-0.2, 0) is 4.74 Å². The van der Waals surface area contributed by atoms with Gasteiger partial charge in [-0.1, -0.05) is 22.0 Å². The molecular formula is C11H15BrN2O2. The van der Waals surface area contributed by atoms with Crippen molar-refractivity contribution in [2.75, 3.05) is 37.0 Å². The Balaban J connectivity index is 2.10. The van der Waals surface area contributed by atoms with E-state index < -0.39 is 0 Å². The van der Waals surface area contributed by atoms with Gasteiger partial charge in [0.1, 0.15) is 5.82 Å². The van der Waals surface area contributed by atoms with Crippen LogP contribution >= 0.6 is 15.9 Å². The van der Waals surface area contributed by atoms with Crippen LogP contribution in [0.3, 0.4) is 0 Å². The van der Waals surface area contributed by atoms with Gasteiger partial charge in [0.05, 0.1) is 19.8 Å². The zero-order chi connectivity index (χ0) is 11.4. The smallest absolute Gasteiger partial charge is 0.214 e. The summed E-state index contributed by atoms with van der Waals surface area (Å²) >= 11 is 3.44. The van der Waals surface area contributed by atoms with Crippen molar-refractivity contribution in [3.8, 4) is 5.88 Å². The molecule has 1 unspecified atom stereocenters. The van der Waals surface area contributed by atoms with Gasteiger partial charge in [-0.05, 0) is 6.07 Å². The zero-order valence-corrected chi connectivity index (χ0v) is 10.8. The van der Waals surface area contributed by atoms with Crippen molar-refractivity contribution in [3.63, 3.8) is 0 Å². The van der Waals surface area contributed by atoms with Crippen LogP contribution in [0.25, 0.3) is 0 Å². The van der Waals surface area contributed by atoms with Gasteiger partial charge in [-0.2, -0.15) is 4.98 Å². The second kappa shape index (κ2) is 5.50. The highest BCUT2D eigenvalue weighted by Crippen LogP contribution is 2.18. The molecule has 88 valence electrons. The average molecular weight is 287 g/mol. The maximum Gasteiger partial charge on any atom is 0.214 e. The van der Waals surface area contributed by atoms with E-state index in [1.165, 1.54) is 0 Å². The van der Waals surface area contributed by atoms with E-state index in [2.05, 4.69) is 25.8 Å². The fourth-order valence-electron chi connectivity index (χ4n) is 1.71. The second-order valence-electron chi connectivity index (χ2n) is 3.63. The largest absolute Gasteiger partial charge is 0.481 e. The zero-order valence-electron chi connectivity index (χ0n) is 9.23. The molecule has 0 aliphatic carbocycles. The molecule has 1 fully saturated rings. The quantitative estimate of drug-likeness (QED) is 0.792. The third kappa shape index (κ3) is 2.65. The third-order valence-electron chi connectivity index (χ3n) is 2.55. The molecule has 4 nitrogen and oxygen atoms in total. The van der Waals surface area contributed by atoms with Gasteiger partial charge in [0.2, 0.25) is 5.88 Å². The van der Waals surface area contributed by atoms with Crippen molar-refractivity contribution < 1.29 is 9.47 Å². The Hall–Kier alpha value is -0.810. The molecule has 0 radical (unpaired) electrons. The Kier molecular flexibility index (Phi) is 4.01. The first-order valence-electron chi connectivity index (χ1n) is 5.27. The molecule has 16 heavy (non-hydrogen) atoms. The van der Waals surface area contributed by atoms with E-state index in [9.17, 15) is 0 Å². The molecule has 0 bridgehead atoms. The highest BCUT2D eigenvalue weighted by molar-refractivity contribution is 9.09.